The Hall–Kier alpha value is -0.657. The normalized spacial score (nSPS) is 9.19. The summed E-state index contributed by atoms with van der Waals surface area (Å²) in [6.07, 6.45) is 1.73. The van der Waals surface area contributed by atoms with Crippen molar-refractivity contribution in [2.45, 2.75) is 0 Å². The Bertz CT molecular complexity index is 456. The fourth-order valence-electron chi connectivity index (χ4n) is 1.33. The molecule has 0 amide bonds. The van der Waals surface area contributed by atoms with Crippen LogP contribution in [0.2, 0.25) is 0 Å². The van der Waals surface area contributed by atoms with Crippen molar-refractivity contribution < 1.29 is 21.1 Å². The summed E-state index contributed by atoms with van der Waals surface area (Å²) in [4.78, 5) is 0. The molecule has 0 aliphatic rings. The first-order valence-corrected chi connectivity index (χ1v) is 11.8. The first-order valence-electron chi connectivity index (χ1n) is 4.81. The molecule has 0 aliphatic carbocycles. The van der Waals surface area contributed by atoms with Gasteiger partial charge in [0.15, 0.2) is 0 Å². The third-order valence-electron chi connectivity index (χ3n) is 1.99. The summed E-state index contributed by atoms with van der Waals surface area (Å²) in [5.41, 5.74) is 0. The van der Waals surface area contributed by atoms with Gasteiger partial charge in [-0.1, -0.05) is 30.9 Å². The summed E-state index contributed by atoms with van der Waals surface area (Å²) in [5.74, 6) is 0.767. The van der Waals surface area contributed by atoms with E-state index in [1.165, 1.54) is 21.7 Å². The Morgan fingerprint density at radius 1 is 1.25 bits per heavy atom. The van der Waals surface area contributed by atoms with Crippen LogP contribution in [0, 0.1) is 6.07 Å². The first-order chi connectivity index (χ1) is 7.90. The average Bonchev–Trinajstić information content (AvgIpc) is 2.38. The van der Waals surface area contributed by atoms with E-state index in [4.69, 9.17) is 4.74 Å². The third kappa shape index (κ3) is 3.73. The van der Waals surface area contributed by atoms with Gasteiger partial charge in [0, 0.05) is 5.75 Å². The van der Waals surface area contributed by atoms with Gasteiger partial charge in [0.25, 0.3) is 0 Å². The molecule has 0 bridgehead atoms. The van der Waals surface area contributed by atoms with E-state index in [1.54, 1.807) is 6.08 Å². The van der Waals surface area contributed by atoms with E-state index in [1.807, 2.05) is 30.3 Å². The van der Waals surface area contributed by atoms with E-state index in [-0.39, 0.29) is 0 Å². The van der Waals surface area contributed by atoms with Gasteiger partial charge in [-0.25, -0.2) is 0 Å². The molecule has 3 heteroatoms. The van der Waals surface area contributed by atoms with E-state index in [9.17, 15) is 0 Å². The van der Waals surface area contributed by atoms with Crippen molar-refractivity contribution >= 4 is 24.4 Å². The van der Waals surface area contributed by atoms with E-state index in [0.717, 1.165) is 11.1 Å². The summed E-state index contributed by atoms with van der Waals surface area (Å²) in [6.45, 7) is 4.12. The second-order valence-electron chi connectivity index (χ2n) is 3.01. The summed E-state index contributed by atoms with van der Waals surface area (Å²) in [6, 6.07) is 15.2. The molecule has 0 saturated carbocycles. The fraction of sp³-hybridized carbons (Fsp3) is 0.0769. The molecule has 0 aliphatic heterocycles. The van der Waals surface area contributed by atoms with Crippen molar-refractivity contribution in [3.63, 3.8) is 0 Å². The van der Waals surface area contributed by atoms with Crippen molar-refractivity contribution in [3.8, 4) is 5.75 Å². The van der Waals surface area contributed by atoms with Crippen molar-refractivity contribution in [1.82, 2.24) is 0 Å². The van der Waals surface area contributed by atoms with Crippen molar-refractivity contribution in [2.24, 2.45) is 0 Å². The second kappa shape index (κ2) is 7.59. The van der Waals surface area contributed by atoms with Crippen LogP contribution in [0.4, 0.5) is 0 Å². The number of fused-ring (bicyclic) bond motifs is 1. The van der Waals surface area contributed by atoms with Crippen molar-refractivity contribution in [3.05, 3.63) is 55.1 Å². The summed E-state index contributed by atoms with van der Waals surface area (Å²) < 4.78 is 5.39. The molecule has 0 unspecified atom stereocenters. The molecule has 16 heavy (non-hydrogen) atoms. The Labute approximate surface area is 113 Å². The molecule has 0 fully saturated rings. The van der Waals surface area contributed by atoms with Gasteiger partial charge in [0.2, 0.25) is 0 Å². The minimum atomic E-state index is 0.523. The Morgan fingerprint density at radius 3 is 2.75 bits per heavy atom. The number of benzene rings is 2. The van der Waals surface area contributed by atoms with E-state index in [2.05, 4.69) is 32.3 Å². The van der Waals surface area contributed by atoms with Gasteiger partial charge in [-0.3, -0.25) is 0 Å². The average molecular weight is 329 g/mol. The number of ether oxygens (including phenoxy) is 1. The van der Waals surface area contributed by atoms with Crippen LogP contribution in [-0.2, 0) is 16.3 Å². The van der Waals surface area contributed by atoms with Gasteiger partial charge in [0.05, 0.1) is 0 Å². The standard InChI is InChI=1S/C13H11O.BrH.Zn/c1-2-9-14-13-8-7-11-5-3-4-6-12(11)10-13;;/h2-8H,1,9H2;1H;/q-1;;+2/p-1. The predicted octanol–water partition coefficient (Wildman–Crippen LogP) is 4.05. The molecule has 2 aromatic carbocycles. The topological polar surface area (TPSA) is 9.23 Å². The van der Waals surface area contributed by atoms with Gasteiger partial charge >= 0.3 is 30.0 Å². The summed E-state index contributed by atoms with van der Waals surface area (Å²) in [7, 11) is 0. The quantitative estimate of drug-likeness (QED) is 0.469. The molecular formula is C13H11BrOZn. The van der Waals surface area contributed by atoms with Crippen molar-refractivity contribution in [1.29, 1.82) is 0 Å². The van der Waals surface area contributed by atoms with Gasteiger partial charge in [-0.15, -0.1) is 35.0 Å². The molecule has 2 aromatic rings. The summed E-state index contributed by atoms with van der Waals surface area (Å²) in [5, 5.41) is 2.26. The molecule has 78 valence electrons. The van der Waals surface area contributed by atoms with Crippen LogP contribution in [0.1, 0.15) is 0 Å². The number of hydrogen-bond donors (Lipinski definition) is 0. The maximum atomic E-state index is 5.39. The maximum absolute atomic E-state index is 5.39. The Kier molecular flexibility index (Phi) is 6.36. The van der Waals surface area contributed by atoms with E-state index >= 15 is 0 Å². The van der Waals surface area contributed by atoms with Gasteiger partial charge in [-0.2, -0.15) is 0 Å². The van der Waals surface area contributed by atoms with Crippen LogP contribution in [0.25, 0.3) is 10.8 Å². The number of rotatable bonds is 3. The predicted molar refractivity (Wildman–Crippen MR) is 67.4 cm³/mol. The van der Waals surface area contributed by atoms with E-state index in [0.29, 0.717) is 6.61 Å². The monoisotopic (exact) mass is 326 g/mol. The van der Waals surface area contributed by atoms with Crippen LogP contribution >= 0.6 is 13.6 Å². The van der Waals surface area contributed by atoms with Gasteiger partial charge in [0.1, 0.15) is 6.61 Å². The third-order valence-corrected chi connectivity index (χ3v) is 1.99. The van der Waals surface area contributed by atoms with Crippen LogP contribution in [-0.4, -0.2) is 6.61 Å². The molecule has 0 spiro atoms. The molecule has 0 N–H and O–H groups in total. The molecule has 0 heterocycles. The number of hydrogen-bond acceptors (Lipinski definition) is 1. The zero-order valence-corrected chi connectivity index (χ0v) is 13.5. The summed E-state index contributed by atoms with van der Waals surface area (Å²) >= 11 is 4.25. The van der Waals surface area contributed by atoms with E-state index < -0.39 is 0 Å². The van der Waals surface area contributed by atoms with Gasteiger partial charge in [-0.05, 0) is 0 Å². The zero-order chi connectivity index (χ0) is 11.8. The Balaban J connectivity index is 0.000000606. The molecule has 0 saturated heterocycles. The van der Waals surface area contributed by atoms with Crippen molar-refractivity contribution in [2.75, 3.05) is 6.61 Å². The van der Waals surface area contributed by atoms with Crippen LogP contribution in [0.15, 0.2) is 49.1 Å². The second-order valence-corrected chi connectivity index (χ2v) is 3.01. The molecule has 1 nitrogen and oxygen atoms in total. The SMILES string of the molecule is C=CCOc1[c-]c2ccccc2cc1.[Zn+][Br]. The van der Waals surface area contributed by atoms with Crippen LogP contribution < -0.4 is 4.74 Å². The Morgan fingerprint density at radius 2 is 2.00 bits per heavy atom. The molecule has 0 atom stereocenters. The van der Waals surface area contributed by atoms with Crippen LogP contribution in [0.5, 0.6) is 5.75 Å². The van der Waals surface area contributed by atoms with Gasteiger partial charge < -0.3 is 4.74 Å². The number of halogens is 1. The zero-order valence-electron chi connectivity index (χ0n) is 8.95. The first kappa shape index (κ1) is 13.4. The fourth-order valence-corrected chi connectivity index (χ4v) is 1.33. The molecule has 2 rings (SSSR count). The molecule has 0 radical (unpaired) electrons. The molecular weight excluding hydrogens is 317 g/mol. The molecule has 0 aromatic heterocycles. The minimum absolute atomic E-state index is 0.523. The van der Waals surface area contributed by atoms with Crippen LogP contribution in [0.3, 0.4) is 0 Å².